The molecule has 1 aliphatic heterocycles. The van der Waals surface area contributed by atoms with Crippen LogP contribution in [-0.4, -0.2) is 24.5 Å². The predicted molar refractivity (Wildman–Crippen MR) is 87.8 cm³/mol. The summed E-state index contributed by atoms with van der Waals surface area (Å²) >= 11 is 0. The van der Waals surface area contributed by atoms with Crippen LogP contribution < -0.4 is 4.98 Å². The molecule has 0 atom stereocenters. The molecule has 1 aromatic rings. The summed E-state index contributed by atoms with van der Waals surface area (Å²) in [5.41, 5.74) is 1.35. The van der Waals surface area contributed by atoms with Crippen molar-refractivity contribution in [3.05, 3.63) is 30.1 Å². The van der Waals surface area contributed by atoms with E-state index in [2.05, 4.69) is 22.0 Å². The molecule has 0 spiro atoms. The van der Waals surface area contributed by atoms with Gasteiger partial charge in [-0.2, -0.15) is 0 Å². The van der Waals surface area contributed by atoms with Crippen molar-refractivity contribution >= 4 is 48.0 Å². The number of rotatable bonds is 3. The van der Waals surface area contributed by atoms with Crippen molar-refractivity contribution < 1.29 is 4.98 Å². The quantitative estimate of drug-likeness (QED) is 0.652. The molecule has 1 aliphatic rings. The van der Waals surface area contributed by atoms with Crippen molar-refractivity contribution in [3.63, 3.8) is 0 Å². The standard InChI is InChI=1S/C12H18N2.2HI/c1-4-9-14(10-5-1)11-7-12-6-2-3-8-13-12;;/h2-3,6,8H,1,4-5,7,9-11H2;2*1H/p+1. The summed E-state index contributed by atoms with van der Waals surface area (Å²) in [6.45, 7) is 3.81. The minimum absolute atomic E-state index is 0. The fraction of sp³-hybridized carbons (Fsp3) is 0.583. The van der Waals surface area contributed by atoms with Crippen LogP contribution in [0.5, 0.6) is 0 Å². The zero-order chi connectivity index (χ0) is 9.64. The van der Waals surface area contributed by atoms with Crippen molar-refractivity contribution in [1.29, 1.82) is 0 Å². The fourth-order valence-electron chi connectivity index (χ4n) is 2.05. The van der Waals surface area contributed by atoms with Gasteiger partial charge in [-0.25, -0.2) is 4.98 Å². The van der Waals surface area contributed by atoms with Crippen LogP contribution in [0.3, 0.4) is 0 Å². The van der Waals surface area contributed by atoms with Gasteiger partial charge in [-0.1, -0.05) is 12.5 Å². The van der Waals surface area contributed by atoms with Crippen LogP contribution in [0.15, 0.2) is 24.4 Å². The molecule has 4 heteroatoms. The first-order valence-corrected chi connectivity index (χ1v) is 5.63. The first-order valence-electron chi connectivity index (χ1n) is 5.63. The molecule has 0 aliphatic carbocycles. The maximum atomic E-state index is 3.28. The summed E-state index contributed by atoms with van der Waals surface area (Å²) in [7, 11) is 0. The van der Waals surface area contributed by atoms with E-state index < -0.39 is 0 Å². The second kappa shape index (κ2) is 9.58. The molecule has 92 valence electrons. The van der Waals surface area contributed by atoms with Crippen LogP contribution in [0.1, 0.15) is 25.0 Å². The highest BCUT2D eigenvalue weighted by molar-refractivity contribution is 14.0. The number of nitrogens with zero attached hydrogens (tertiary/aromatic N) is 1. The highest BCUT2D eigenvalue weighted by atomic mass is 127. The smallest absolute Gasteiger partial charge is 0.180 e. The largest absolute Gasteiger partial charge is 0.303 e. The Morgan fingerprint density at radius 2 is 1.81 bits per heavy atom. The molecule has 0 saturated carbocycles. The maximum absolute atomic E-state index is 3.28. The number of nitrogens with one attached hydrogen (secondary N) is 1. The normalized spacial score (nSPS) is 16.0. The Morgan fingerprint density at radius 1 is 1.06 bits per heavy atom. The van der Waals surface area contributed by atoms with Crippen LogP contribution >= 0.6 is 48.0 Å². The van der Waals surface area contributed by atoms with Crippen molar-refractivity contribution in [2.24, 2.45) is 0 Å². The average molecular weight is 447 g/mol. The highest BCUT2D eigenvalue weighted by Gasteiger charge is 2.10. The zero-order valence-electron chi connectivity index (χ0n) is 9.52. The molecule has 0 amide bonds. The van der Waals surface area contributed by atoms with E-state index in [9.17, 15) is 0 Å². The van der Waals surface area contributed by atoms with E-state index in [1.54, 1.807) is 0 Å². The van der Waals surface area contributed by atoms with Gasteiger partial charge in [0.15, 0.2) is 11.9 Å². The van der Waals surface area contributed by atoms with Crippen LogP contribution in [0, 0.1) is 0 Å². The number of H-pyrrole nitrogens is 1. The Morgan fingerprint density at radius 3 is 2.44 bits per heavy atom. The van der Waals surface area contributed by atoms with Gasteiger partial charge < -0.3 is 4.90 Å². The number of piperidine rings is 1. The van der Waals surface area contributed by atoms with Crippen molar-refractivity contribution in [1.82, 2.24) is 4.90 Å². The first-order chi connectivity index (χ1) is 6.95. The van der Waals surface area contributed by atoms with Crippen molar-refractivity contribution in [2.45, 2.75) is 25.7 Å². The molecule has 1 N–H and O–H groups in total. The lowest BCUT2D eigenvalue weighted by Gasteiger charge is -2.25. The van der Waals surface area contributed by atoms with Gasteiger partial charge in [-0.3, -0.25) is 0 Å². The molecule has 2 nitrogen and oxygen atoms in total. The number of aromatic nitrogens is 1. The molecule has 1 saturated heterocycles. The van der Waals surface area contributed by atoms with Crippen molar-refractivity contribution in [2.75, 3.05) is 19.6 Å². The molecule has 1 fully saturated rings. The lowest BCUT2D eigenvalue weighted by atomic mass is 10.1. The molecular formula is C12H21I2N2+. The van der Waals surface area contributed by atoms with Gasteiger partial charge in [-0.15, -0.1) is 48.0 Å². The van der Waals surface area contributed by atoms with Gasteiger partial charge in [0, 0.05) is 25.1 Å². The Bertz CT molecular complexity index is 261. The molecule has 0 bridgehead atoms. The molecule has 0 unspecified atom stereocenters. The number of aromatic amines is 1. The maximum Gasteiger partial charge on any atom is 0.180 e. The van der Waals surface area contributed by atoms with E-state index in [4.69, 9.17) is 0 Å². The first kappa shape index (κ1) is 16.6. The summed E-state index contributed by atoms with van der Waals surface area (Å²) < 4.78 is 0. The summed E-state index contributed by atoms with van der Waals surface area (Å²) in [4.78, 5) is 5.86. The molecule has 2 heterocycles. The SMILES string of the molecule is I.I.c1ccc(CCN2CCCCC2)[nH+]c1. The van der Waals surface area contributed by atoms with Crippen LogP contribution in [-0.2, 0) is 6.42 Å². The van der Waals surface area contributed by atoms with Gasteiger partial charge in [0.2, 0.25) is 0 Å². The minimum atomic E-state index is 0. The van der Waals surface area contributed by atoms with Crippen molar-refractivity contribution in [3.8, 4) is 0 Å². The second-order valence-electron chi connectivity index (χ2n) is 4.04. The van der Waals surface area contributed by atoms with Crippen LogP contribution in [0.4, 0.5) is 0 Å². The number of likely N-dealkylation sites (tertiary alicyclic amines) is 1. The third-order valence-electron chi connectivity index (χ3n) is 2.92. The monoisotopic (exact) mass is 447 g/mol. The molecular weight excluding hydrogens is 426 g/mol. The summed E-state index contributed by atoms with van der Waals surface area (Å²) in [6.07, 6.45) is 7.36. The lowest BCUT2D eigenvalue weighted by molar-refractivity contribution is -0.390. The molecule has 1 aromatic heterocycles. The minimum Gasteiger partial charge on any atom is -0.303 e. The topological polar surface area (TPSA) is 17.4 Å². The molecule has 0 aromatic carbocycles. The van der Waals surface area contributed by atoms with Gasteiger partial charge in [0.25, 0.3) is 0 Å². The number of hydrogen-bond acceptors (Lipinski definition) is 1. The van der Waals surface area contributed by atoms with E-state index in [1.165, 1.54) is 44.6 Å². The van der Waals surface area contributed by atoms with Gasteiger partial charge in [0.1, 0.15) is 0 Å². The Balaban J connectivity index is 0.00000112. The van der Waals surface area contributed by atoms with E-state index >= 15 is 0 Å². The number of pyridine rings is 1. The van der Waals surface area contributed by atoms with Gasteiger partial charge >= 0.3 is 0 Å². The highest BCUT2D eigenvalue weighted by Crippen LogP contribution is 2.08. The average Bonchev–Trinajstić information content (AvgIpc) is 2.29. The predicted octanol–water partition coefficient (Wildman–Crippen LogP) is 2.77. The summed E-state index contributed by atoms with van der Waals surface area (Å²) in [5, 5.41) is 0. The van der Waals surface area contributed by atoms with Crippen LogP contribution in [0.2, 0.25) is 0 Å². The van der Waals surface area contributed by atoms with E-state index in [1.807, 2.05) is 12.3 Å². The molecule has 0 radical (unpaired) electrons. The van der Waals surface area contributed by atoms with Gasteiger partial charge in [0.05, 0.1) is 0 Å². The molecule has 2 rings (SSSR count). The summed E-state index contributed by atoms with van der Waals surface area (Å²) in [6, 6.07) is 6.30. The number of halogens is 2. The van der Waals surface area contributed by atoms with E-state index in [0.29, 0.717) is 0 Å². The fourth-order valence-corrected chi connectivity index (χ4v) is 2.05. The van der Waals surface area contributed by atoms with E-state index in [0.717, 1.165) is 6.42 Å². The number of hydrogen-bond donors (Lipinski definition) is 0. The third-order valence-corrected chi connectivity index (χ3v) is 2.92. The zero-order valence-corrected chi connectivity index (χ0v) is 14.2. The van der Waals surface area contributed by atoms with Gasteiger partial charge in [-0.05, 0) is 25.9 Å². The second-order valence-corrected chi connectivity index (χ2v) is 4.04. The molecule has 16 heavy (non-hydrogen) atoms. The Labute approximate surface area is 132 Å². The third kappa shape index (κ3) is 5.77. The van der Waals surface area contributed by atoms with E-state index in [-0.39, 0.29) is 48.0 Å². The summed E-state index contributed by atoms with van der Waals surface area (Å²) in [5.74, 6) is 0. The lowest BCUT2D eigenvalue weighted by Crippen LogP contribution is -2.32. The van der Waals surface area contributed by atoms with Crippen LogP contribution in [0.25, 0.3) is 0 Å². The Hall–Kier alpha value is 0.570. The Kier molecular flexibility index (Phi) is 9.93.